The lowest BCUT2D eigenvalue weighted by atomic mass is 10.2. The van der Waals surface area contributed by atoms with E-state index in [0.29, 0.717) is 0 Å². The van der Waals surface area contributed by atoms with Crippen LogP contribution in [-0.2, 0) is 0 Å². The van der Waals surface area contributed by atoms with Crippen LogP contribution in [0.5, 0.6) is 11.5 Å². The van der Waals surface area contributed by atoms with Gasteiger partial charge in [-0.15, -0.1) is 0 Å². The van der Waals surface area contributed by atoms with Crippen LogP contribution in [0.25, 0.3) is 6.08 Å². The van der Waals surface area contributed by atoms with Gasteiger partial charge in [-0.1, -0.05) is 28.1 Å². The summed E-state index contributed by atoms with van der Waals surface area (Å²) in [4.78, 5) is 0. The van der Waals surface area contributed by atoms with Crippen LogP contribution in [0.15, 0.2) is 22.7 Å². The van der Waals surface area contributed by atoms with Gasteiger partial charge in [-0.3, -0.25) is 0 Å². The molecule has 1 aliphatic carbocycles. The Bertz CT molecular complexity index is 442. The van der Waals surface area contributed by atoms with Crippen molar-refractivity contribution < 1.29 is 9.47 Å². The van der Waals surface area contributed by atoms with Gasteiger partial charge in [0, 0.05) is 17.1 Å². The van der Waals surface area contributed by atoms with Crippen molar-refractivity contribution in [3.05, 3.63) is 28.2 Å². The Labute approximate surface area is 116 Å². The number of nitrogens with one attached hydrogen (secondary N) is 1. The Hall–Kier alpha value is -1.00. The maximum atomic E-state index is 5.29. The largest absolute Gasteiger partial charge is 0.493 e. The Morgan fingerprint density at radius 3 is 2.56 bits per heavy atom. The topological polar surface area (TPSA) is 30.5 Å². The molecule has 18 heavy (non-hydrogen) atoms. The molecule has 0 radical (unpaired) electrons. The molecule has 1 aromatic rings. The van der Waals surface area contributed by atoms with E-state index >= 15 is 0 Å². The van der Waals surface area contributed by atoms with Gasteiger partial charge in [0.2, 0.25) is 0 Å². The molecule has 0 aromatic heterocycles. The van der Waals surface area contributed by atoms with E-state index in [1.54, 1.807) is 14.2 Å². The minimum absolute atomic E-state index is 0.734. The van der Waals surface area contributed by atoms with Crippen molar-refractivity contribution >= 4 is 22.0 Å². The molecule has 0 bridgehead atoms. The first-order valence-corrected chi connectivity index (χ1v) is 6.85. The van der Waals surface area contributed by atoms with E-state index in [1.165, 1.54) is 12.8 Å². The Balaban J connectivity index is 2.05. The third-order valence-corrected chi connectivity index (χ3v) is 3.59. The van der Waals surface area contributed by atoms with E-state index in [0.717, 1.165) is 34.1 Å². The standard InChI is InChI=1S/C14H18BrNO2/c1-17-13-8-10(12(15)9-14(13)18-2)4-3-7-16-11-5-6-11/h3-4,8-9,11,16H,5-7H2,1-2H3. The molecule has 1 fully saturated rings. The molecule has 1 aliphatic rings. The molecule has 2 rings (SSSR count). The summed E-state index contributed by atoms with van der Waals surface area (Å²) in [6.45, 7) is 0.908. The van der Waals surface area contributed by atoms with E-state index in [2.05, 4.69) is 33.4 Å². The molecule has 3 nitrogen and oxygen atoms in total. The Kier molecular flexibility index (Phi) is 4.66. The van der Waals surface area contributed by atoms with Crippen molar-refractivity contribution in [2.24, 2.45) is 0 Å². The lowest BCUT2D eigenvalue weighted by Gasteiger charge is -2.09. The number of benzene rings is 1. The molecule has 0 heterocycles. The van der Waals surface area contributed by atoms with Crippen molar-refractivity contribution in [3.63, 3.8) is 0 Å². The summed E-state index contributed by atoms with van der Waals surface area (Å²) in [5.41, 5.74) is 1.09. The molecule has 1 N–H and O–H groups in total. The fourth-order valence-electron chi connectivity index (χ4n) is 1.71. The third kappa shape index (κ3) is 3.50. The summed E-state index contributed by atoms with van der Waals surface area (Å²) < 4.78 is 11.5. The molecular weight excluding hydrogens is 294 g/mol. The van der Waals surface area contributed by atoms with Crippen molar-refractivity contribution in [1.82, 2.24) is 5.32 Å². The first-order valence-electron chi connectivity index (χ1n) is 6.06. The second-order valence-electron chi connectivity index (χ2n) is 4.31. The molecule has 0 atom stereocenters. The maximum absolute atomic E-state index is 5.29. The van der Waals surface area contributed by atoms with Crippen LogP contribution in [-0.4, -0.2) is 26.8 Å². The van der Waals surface area contributed by atoms with Gasteiger partial charge in [-0.25, -0.2) is 0 Å². The lowest BCUT2D eigenvalue weighted by Crippen LogP contribution is -2.15. The van der Waals surface area contributed by atoms with Crippen LogP contribution >= 0.6 is 15.9 Å². The first kappa shape index (κ1) is 13.4. The van der Waals surface area contributed by atoms with Crippen LogP contribution in [0.4, 0.5) is 0 Å². The highest BCUT2D eigenvalue weighted by Gasteiger charge is 2.18. The molecule has 1 aromatic carbocycles. The van der Waals surface area contributed by atoms with Gasteiger partial charge >= 0.3 is 0 Å². The molecule has 0 amide bonds. The maximum Gasteiger partial charge on any atom is 0.161 e. The van der Waals surface area contributed by atoms with Crippen molar-refractivity contribution in [3.8, 4) is 11.5 Å². The Morgan fingerprint density at radius 2 is 1.94 bits per heavy atom. The van der Waals surface area contributed by atoms with Gasteiger partial charge in [0.05, 0.1) is 14.2 Å². The van der Waals surface area contributed by atoms with Gasteiger partial charge in [-0.2, -0.15) is 0 Å². The smallest absolute Gasteiger partial charge is 0.161 e. The highest BCUT2D eigenvalue weighted by Crippen LogP contribution is 2.33. The van der Waals surface area contributed by atoms with Gasteiger partial charge in [-0.05, 0) is 30.5 Å². The van der Waals surface area contributed by atoms with Crippen LogP contribution in [0, 0.1) is 0 Å². The van der Waals surface area contributed by atoms with Gasteiger partial charge in [0.15, 0.2) is 11.5 Å². The first-order chi connectivity index (χ1) is 8.74. The molecule has 0 aliphatic heterocycles. The fraction of sp³-hybridized carbons (Fsp3) is 0.429. The number of rotatable bonds is 6. The monoisotopic (exact) mass is 311 g/mol. The van der Waals surface area contributed by atoms with E-state index in [-0.39, 0.29) is 0 Å². The number of hydrogen-bond donors (Lipinski definition) is 1. The van der Waals surface area contributed by atoms with Gasteiger partial charge < -0.3 is 14.8 Å². The molecule has 4 heteroatoms. The quantitative estimate of drug-likeness (QED) is 0.875. The number of hydrogen-bond acceptors (Lipinski definition) is 3. The molecule has 0 unspecified atom stereocenters. The molecule has 0 saturated heterocycles. The van der Waals surface area contributed by atoms with Gasteiger partial charge in [0.1, 0.15) is 0 Å². The zero-order chi connectivity index (χ0) is 13.0. The van der Waals surface area contributed by atoms with E-state index in [9.17, 15) is 0 Å². The average molecular weight is 312 g/mol. The summed E-state index contributed by atoms with van der Waals surface area (Å²) in [6.07, 6.45) is 6.84. The van der Waals surface area contributed by atoms with Crippen molar-refractivity contribution in [2.75, 3.05) is 20.8 Å². The summed E-state index contributed by atoms with van der Waals surface area (Å²) in [6, 6.07) is 4.63. The van der Waals surface area contributed by atoms with Crippen LogP contribution < -0.4 is 14.8 Å². The number of halogens is 1. The SMILES string of the molecule is COc1cc(Br)c(C=CCNC2CC2)cc1OC. The van der Waals surface area contributed by atoms with Gasteiger partial charge in [0.25, 0.3) is 0 Å². The predicted octanol–water partition coefficient (Wildman–Crippen LogP) is 3.23. The molecule has 0 spiro atoms. The van der Waals surface area contributed by atoms with Crippen LogP contribution in [0.3, 0.4) is 0 Å². The lowest BCUT2D eigenvalue weighted by molar-refractivity contribution is 0.354. The third-order valence-electron chi connectivity index (χ3n) is 2.90. The zero-order valence-electron chi connectivity index (χ0n) is 10.7. The highest BCUT2D eigenvalue weighted by molar-refractivity contribution is 9.10. The van der Waals surface area contributed by atoms with Crippen molar-refractivity contribution in [1.29, 1.82) is 0 Å². The minimum atomic E-state index is 0.734. The highest BCUT2D eigenvalue weighted by atomic mass is 79.9. The summed E-state index contributed by atoms with van der Waals surface area (Å²) in [5, 5.41) is 3.44. The van der Waals surface area contributed by atoms with Crippen molar-refractivity contribution in [2.45, 2.75) is 18.9 Å². The molecular formula is C14H18BrNO2. The second-order valence-corrected chi connectivity index (χ2v) is 5.17. The van der Waals surface area contributed by atoms with Crippen LogP contribution in [0.2, 0.25) is 0 Å². The van der Waals surface area contributed by atoms with E-state index in [4.69, 9.17) is 9.47 Å². The fourth-order valence-corrected chi connectivity index (χ4v) is 2.16. The van der Waals surface area contributed by atoms with E-state index in [1.807, 2.05) is 12.1 Å². The molecule has 98 valence electrons. The van der Waals surface area contributed by atoms with Crippen LogP contribution in [0.1, 0.15) is 18.4 Å². The average Bonchev–Trinajstić information content (AvgIpc) is 3.19. The normalized spacial score (nSPS) is 15.1. The Morgan fingerprint density at radius 1 is 1.28 bits per heavy atom. The number of methoxy groups -OCH3 is 2. The minimum Gasteiger partial charge on any atom is -0.493 e. The zero-order valence-corrected chi connectivity index (χ0v) is 12.3. The van der Waals surface area contributed by atoms with E-state index < -0.39 is 0 Å². The summed E-state index contributed by atoms with van der Waals surface area (Å²) >= 11 is 3.54. The number of ether oxygens (including phenoxy) is 2. The molecule has 1 saturated carbocycles. The summed E-state index contributed by atoms with van der Waals surface area (Å²) in [5.74, 6) is 1.48. The summed E-state index contributed by atoms with van der Waals surface area (Å²) in [7, 11) is 3.28. The predicted molar refractivity (Wildman–Crippen MR) is 77.3 cm³/mol. The second kappa shape index (κ2) is 6.25.